The summed E-state index contributed by atoms with van der Waals surface area (Å²) in [6.07, 6.45) is 1.72. The summed E-state index contributed by atoms with van der Waals surface area (Å²) in [7, 11) is 0. The van der Waals surface area contributed by atoms with Crippen molar-refractivity contribution in [3.8, 4) is 5.75 Å². The molecule has 1 amide bonds. The SMILES string of the molecule is C=CCOc1ccc(C)c2c1C(C)(C)C(=O)N2Cc1ccccc1. The van der Waals surface area contributed by atoms with Crippen molar-refractivity contribution in [3.63, 3.8) is 0 Å². The number of nitrogens with zero attached hydrogens (tertiary/aromatic N) is 1. The minimum absolute atomic E-state index is 0.110. The molecule has 2 aromatic carbocycles. The number of carbonyl (C=O) groups excluding carboxylic acids is 1. The zero-order valence-corrected chi connectivity index (χ0v) is 14.5. The highest BCUT2D eigenvalue weighted by Crippen LogP contribution is 2.48. The lowest BCUT2D eigenvalue weighted by Crippen LogP contribution is -2.35. The third-order valence-corrected chi connectivity index (χ3v) is 4.56. The third kappa shape index (κ3) is 2.60. The lowest BCUT2D eigenvalue weighted by atomic mass is 9.85. The summed E-state index contributed by atoms with van der Waals surface area (Å²) in [6.45, 7) is 10.7. The maximum atomic E-state index is 13.1. The van der Waals surface area contributed by atoms with E-state index in [0.29, 0.717) is 13.2 Å². The molecule has 3 rings (SSSR count). The van der Waals surface area contributed by atoms with Crippen LogP contribution < -0.4 is 9.64 Å². The van der Waals surface area contributed by atoms with Crippen LogP contribution in [-0.2, 0) is 16.8 Å². The number of ether oxygens (including phenoxy) is 1. The number of hydrogen-bond acceptors (Lipinski definition) is 2. The van der Waals surface area contributed by atoms with Crippen LogP contribution in [0, 0.1) is 6.92 Å². The highest BCUT2D eigenvalue weighted by Gasteiger charge is 2.46. The van der Waals surface area contributed by atoms with Crippen LogP contribution in [0.5, 0.6) is 5.75 Å². The number of aryl methyl sites for hydroxylation is 1. The van der Waals surface area contributed by atoms with Gasteiger partial charge in [-0.15, -0.1) is 0 Å². The molecule has 0 aliphatic carbocycles. The van der Waals surface area contributed by atoms with Crippen LogP contribution in [0.15, 0.2) is 55.1 Å². The van der Waals surface area contributed by atoms with Crippen molar-refractivity contribution in [3.05, 3.63) is 71.8 Å². The van der Waals surface area contributed by atoms with Gasteiger partial charge in [0, 0.05) is 5.56 Å². The molecule has 0 radical (unpaired) electrons. The van der Waals surface area contributed by atoms with Crippen molar-refractivity contribution in [1.29, 1.82) is 0 Å². The predicted octanol–water partition coefficient (Wildman–Crippen LogP) is 4.38. The fourth-order valence-electron chi connectivity index (χ4n) is 3.36. The van der Waals surface area contributed by atoms with Gasteiger partial charge in [-0.05, 0) is 38.0 Å². The number of hydrogen-bond donors (Lipinski definition) is 0. The first kappa shape index (κ1) is 16.3. The fraction of sp³-hybridized carbons (Fsp3) is 0.286. The molecule has 2 aromatic rings. The van der Waals surface area contributed by atoms with Crippen LogP contribution in [-0.4, -0.2) is 12.5 Å². The number of carbonyl (C=O) groups is 1. The summed E-state index contributed by atoms with van der Waals surface area (Å²) >= 11 is 0. The summed E-state index contributed by atoms with van der Waals surface area (Å²) < 4.78 is 5.84. The monoisotopic (exact) mass is 321 g/mol. The van der Waals surface area contributed by atoms with Crippen LogP contribution in [0.3, 0.4) is 0 Å². The van der Waals surface area contributed by atoms with Gasteiger partial charge < -0.3 is 9.64 Å². The lowest BCUT2D eigenvalue weighted by molar-refractivity contribution is -0.122. The molecule has 0 bridgehead atoms. The number of fused-ring (bicyclic) bond motifs is 1. The van der Waals surface area contributed by atoms with E-state index in [9.17, 15) is 4.79 Å². The Morgan fingerprint density at radius 1 is 1.17 bits per heavy atom. The number of amides is 1. The second-order valence-corrected chi connectivity index (χ2v) is 6.71. The smallest absolute Gasteiger partial charge is 0.237 e. The van der Waals surface area contributed by atoms with Gasteiger partial charge in [0.1, 0.15) is 12.4 Å². The molecule has 124 valence electrons. The van der Waals surface area contributed by atoms with Gasteiger partial charge in [0.25, 0.3) is 0 Å². The molecule has 1 aliphatic heterocycles. The molecule has 0 unspecified atom stereocenters. The number of rotatable bonds is 5. The van der Waals surface area contributed by atoms with Gasteiger partial charge in [-0.2, -0.15) is 0 Å². The van der Waals surface area contributed by atoms with E-state index in [-0.39, 0.29) is 5.91 Å². The first-order valence-electron chi connectivity index (χ1n) is 8.20. The summed E-state index contributed by atoms with van der Waals surface area (Å²) in [5.74, 6) is 0.878. The summed E-state index contributed by atoms with van der Waals surface area (Å²) in [6, 6.07) is 14.1. The summed E-state index contributed by atoms with van der Waals surface area (Å²) in [5.41, 5.74) is 3.56. The first-order valence-corrected chi connectivity index (χ1v) is 8.20. The molecule has 24 heavy (non-hydrogen) atoms. The van der Waals surface area contributed by atoms with Crippen LogP contribution in [0.2, 0.25) is 0 Å². The zero-order valence-electron chi connectivity index (χ0n) is 14.5. The van der Waals surface area contributed by atoms with E-state index >= 15 is 0 Å². The van der Waals surface area contributed by atoms with E-state index in [1.54, 1.807) is 6.08 Å². The Labute approximate surface area is 143 Å². The molecule has 0 spiro atoms. The molecule has 0 N–H and O–H groups in total. The molecular weight excluding hydrogens is 298 g/mol. The van der Waals surface area contributed by atoms with Crippen molar-refractivity contribution in [2.45, 2.75) is 32.7 Å². The minimum atomic E-state index is -0.605. The first-order chi connectivity index (χ1) is 11.5. The van der Waals surface area contributed by atoms with Crippen molar-refractivity contribution >= 4 is 11.6 Å². The summed E-state index contributed by atoms with van der Waals surface area (Å²) in [5, 5.41) is 0. The van der Waals surface area contributed by atoms with Gasteiger partial charge in [0.05, 0.1) is 17.6 Å². The number of benzene rings is 2. The maximum absolute atomic E-state index is 13.1. The van der Waals surface area contributed by atoms with Gasteiger partial charge in [-0.25, -0.2) is 0 Å². The van der Waals surface area contributed by atoms with Crippen LogP contribution in [0.25, 0.3) is 0 Å². The predicted molar refractivity (Wildman–Crippen MR) is 97.5 cm³/mol. The lowest BCUT2D eigenvalue weighted by Gasteiger charge is -2.21. The highest BCUT2D eigenvalue weighted by molar-refractivity contribution is 6.09. The second-order valence-electron chi connectivity index (χ2n) is 6.71. The average Bonchev–Trinajstić information content (AvgIpc) is 2.77. The van der Waals surface area contributed by atoms with Crippen molar-refractivity contribution in [2.75, 3.05) is 11.5 Å². The van der Waals surface area contributed by atoms with Crippen LogP contribution in [0.4, 0.5) is 5.69 Å². The second kappa shape index (κ2) is 6.16. The molecule has 1 aliphatic rings. The molecule has 0 fully saturated rings. The van der Waals surface area contributed by atoms with Gasteiger partial charge in [-0.1, -0.05) is 49.1 Å². The van der Waals surface area contributed by atoms with E-state index < -0.39 is 5.41 Å². The van der Waals surface area contributed by atoms with E-state index in [1.165, 1.54) is 0 Å². The number of anilines is 1. The summed E-state index contributed by atoms with van der Waals surface area (Å²) in [4.78, 5) is 15.0. The van der Waals surface area contributed by atoms with Crippen molar-refractivity contribution in [2.24, 2.45) is 0 Å². The van der Waals surface area contributed by atoms with E-state index in [2.05, 4.69) is 6.58 Å². The van der Waals surface area contributed by atoms with Gasteiger partial charge in [0.15, 0.2) is 0 Å². The standard InChI is InChI=1S/C21H23NO2/c1-5-13-24-17-12-11-15(2)19-18(17)21(3,4)20(23)22(19)14-16-9-7-6-8-10-16/h5-12H,1,13-14H2,2-4H3. The van der Waals surface area contributed by atoms with Crippen LogP contribution >= 0.6 is 0 Å². The Morgan fingerprint density at radius 3 is 2.54 bits per heavy atom. The molecule has 0 saturated carbocycles. The Balaban J connectivity index is 2.10. The van der Waals surface area contributed by atoms with Crippen LogP contribution in [0.1, 0.15) is 30.5 Å². The molecule has 3 heteroatoms. The molecule has 3 nitrogen and oxygen atoms in total. The van der Waals surface area contributed by atoms with Gasteiger partial charge in [-0.3, -0.25) is 4.79 Å². The topological polar surface area (TPSA) is 29.5 Å². The molecule has 1 heterocycles. The Morgan fingerprint density at radius 2 is 1.88 bits per heavy atom. The maximum Gasteiger partial charge on any atom is 0.237 e. The quantitative estimate of drug-likeness (QED) is 0.765. The molecule has 0 saturated heterocycles. The molecule has 0 aromatic heterocycles. The Bertz CT molecular complexity index is 778. The van der Waals surface area contributed by atoms with Gasteiger partial charge in [0.2, 0.25) is 5.91 Å². The zero-order chi connectivity index (χ0) is 17.3. The average molecular weight is 321 g/mol. The van der Waals surface area contributed by atoms with E-state index in [0.717, 1.165) is 28.1 Å². The third-order valence-electron chi connectivity index (χ3n) is 4.56. The Hall–Kier alpha value is -2.55. The van der Waals surface area contributed by atoms with E-state index in [1.807, 2.05) is 68.1 Å². The minimum Gasteiger partial charge on any atom is -0.489 e. The Kier molecular flexibility index (Phi) is 4.18. The van der Waals surface area contributed by atoms with Gasteiger partial charge >= 0.3 is 0 Å². The molecular formula is C21H23NO2. The van der Waals surface area contributed by atoms with Crippen molar-refractivity contribution in [1.82, 2.24) is 0 Å². The normalized spacial score (nSPS) is 15.3. The fourth-order valence-corrected chi connectivity index (χ4v) is 3.36. The van der Waals surface area contributed by atoms with E-state index in [4.69, 9.17) is 4.74 Å². The highest BCUT2D eigenvalue weighted by atomic mass is 16.5. The van der Waals surface area contributed by atoms with Crippen molar-refractivity contribution < 1.29 is 9.53 Å². The largest absolute Gasteiger partial charge is 0.489 e. The molecule has 0 atom stereocenters.